The van der Waals surface area contributed by atoms with Crippen LogP contribution in [0.4, 0.5) is 0 Å². The summed E-state index contributed by atoms with van der Waals surface area (Å²) in [4.78, 5) is 0. The zero-order chi connectivity index (χ0) is 18.3. The predicted octanol–water partition coefficient (Wildman–Crippen LogP) is 5.35. The highest BCUT2D eigenvalue weighted by Gasteiger charge is 2.48. The van der Waals surface area contributed by atoms with E-state index in [4.69, 9.17) is 13.6 Å². The number of hydrogen-bond acceptors (Lipinski definition) is 3. The Morgan fingerprint density at radius 3 is 1.65 bits per heavy atom. The van der Waals surface area contributed by atoms with E-state index in [0.717, 1.165) is 6.61 Å². The molecule has 1 saturated heterocycles. The normalized spacial score (nSPS) is 22.6. The van der Waals surface area contributed by atoms with Gasteiger partial charge in [0, 0.05) is 0 Å². The number of hydrogen-bond donors (Lipinski definition) is 0. The van der Waals surface area contributed by atoms with E-state index in [-0.39, 0.29) is 28.4 Å². The molecule has 1 fully saturated rings. The van der Waals surface area contributed by atoms with Crippen LogP contribution < -0.4 is 0 Å². The van der Waals surface area contributed by atoms with E-state index >= 15 is 0 Å². The highest BCUT2D eigenvalue weighted by atomic mass is 28.4. The van der Waals surface area contributed by atoms with E-state index in [2.05, 4.69) is 74.3 Å². The van der Waals surface area contributed by atoms with Crippen molar-refractivity contribution in [2.75, 3.05) is 6.61 Å². The molecule has 0 radical (unpaired) electrons. The van der Waals surface area contributed by atoms with Crippen molar-refractivity contribution in [2.24, 2.45) is 0 Å². The molecule has 1 heterocycles. The van der Waals surface area contributed by atoms with Crippen LogP contribution in [0, 0.1) is 0 Å². The van der Waals surface area contributed by atoms with E-state index < -0.39 is 16.6 Å². The van der Waals surface area contributed by atoms with Crippen molar-refractivity contribution >= 4 is 16.6 Å². The molecule has 23 heavy (non-hydrogen) atoms. The van der Waals surface area contributed by atoms with Gasteiger partial charge in [-0.3, -0.25) is 0 Å². The van der Waals surface area contributed by atoms with Crippen LogP contribution in [-0.4, -0.2) is 41.6 Å². The van der Waals surface area contributed by atoms with Crippen LogP contribution in [0.15, 0.2) is 12.7 Å². The summed E-state index contributed by atoms with van der Waals surface area (Å²) in [5.74, 6) is 0. The molecule has 3 nitrogen and oxygen atoms in total. The molecule has 0 saturated carbocycles. The Hall–Kier alpha value is 0.0538. The highest BCUT2D eigenvalue weighted by molar-refractivity contribution is 6.74. The second kappa shape index (κ2) is 6.75. The van der Waals surface area contributed by atoms with Gasteiger partial charge in [-0.15, -0.1) is 6.58 Å². The van der Waals surface area contributed by atoms with E-state index in [9.17, 15) is 0 Å². The standard InChI is InChI=1S/C18H38O3Si2/c1-12-14(20-22(8,9)17(2,3)4)16(15-13-19-15)21-23(10,11)18(5,6)7/h12,14-16H,1,13H2,2-11H3/t14-,15+,16+/m1/s1. The van der Waals surface area contributed by atoms with E-state index in [1.165, 1.54) is 0 Å². The Labute approximate surface area is 146 Å². The molecule has 0 spiro atoms. The van der Waals surface area contributed by atoms with Crippen molar-refractivity contribution in [1.82, 2.24) is 0 Å². The zero-order valence-corrected chi connectivity index (χ0v) is 18.9. The molecule has 5 heteroatoms. The lowest BCUT2D eigenvalue weighted by molar-refractivity contribution is 0.0437. The van der Waals surface area contributed by atoms with Crippen LogP contribution in [0.3, 0.4) is 0 Å². The minimum absolute atomic E-state index is 0.0393. The number of epoxide rings is 1. The topological polar surface area (TPSA) is 31.0 Å². The smallest absolute Gasteiger partial charge is 0.193 e. The van der Waals surface area contributed by atoms with Gasteiger partial charge in [0.25, 0.3) is 0 Å². The quantitative estimate of drug-likeness (QED) is 0.349. The molecule has 0 unspecified atom stereocenters. The molecule has 0 N–H and O–H groups in total. The summed E-state index contributed by atoms with van der Waals surface area (Å²) in [6, 6.07) is 0. The minimum Gasteiger partial charge on any atom is -0.408 e. The largest absolute Gasteiger partial charge is 0.408 e. The van der Waals surface area contributed by atoms with Gasteiger partial charge >= 0.3 is 0 Å². The molecule has 0 aromatic carbocycles. The van der Waals surface area contributed by atoms with Crippen LogP contribution in [0.1, 0.15) is 41.5 Å². The maximum atomic E-state index is 6.68. The average Bonchev–Trinajstić information content (AvgIpc) is 3.14. The summed E-state index contributed by atoms with van der Waals surface area (Å²) < 4.78 is 18.9. The first-order chi connectivity index (χ1) is 10.1. The van der Waals surface area contributed by atoms with Gasteiger partial charge in [0.1, 0.15) is 12.2 Å². The second-order valence-corrected chi connectivity index (χ2v) is 19.3. The van der Waals surface area contributed by atoms with Gasteiger partial charge in [-0.05, 0) is 36.3 Å². The molecule has 0 bridgehead atoms. The van der Waals surface area contributed by atoms with E-state index in [1.54, 1.807) is 0 Å². The van der Waals surface area contributed by atoms with Crippen molar-refractivity contribution in [3.8, 4) is 0 Å². The third-order valence-electron chi connectivity index (χ3n) is 5.76. The lowest BCUT2D eigenvalue weighted by Crippen LogP contribution is -2.53. The van der Waals surface area contributed by atoms with Gasteiger partial charge in [-0.2, -0.15) is 0 Å². The monoisotopic (exact) mass is 358 g/mol. The second-order valence-electron chi connectivity index (χ2n) is 9.79. The Balaban J connectivity index is 2.97. The fourth-order valence-corrected chi connectivity index (χ4v) is 4.47. The molecule has 0 aromatic rings. The molecule has 1 aliphatic heterocycles. The predicted molar refractivity (Wildman–Crippen MR) is 104 cm³/mol. The SMILES string of the molecule is C=C[C@@H](O[Si](C)(C)C(C)(C)C)[C@H](O[Si](C)(C)C(C)(C)C)[C@@H]1CO1. The molecule has 1 aliphatic rings. The summed E-state index contributed by atoms with van der Waals surface area (Å²) in [5, 5.41) is 0.336. The lowest BCUT2D eigenvalue weighted by Gasteiger charge is -2.44. The summed E-state index contributed by atoms with van der Waals surface area (Å²) in [5.41, 5.74) is 0. The first kappa shape index (κ1) is 21.1. The molecular weight excluding hydrogens is 320 g/mol. The molecular formula is C18H38O3Si2. The van der Waals surface area contributed by atoms with Crippen LogP contribution in [0.25, 0.3) is 0 Å². The van der Waals surface area contributed by atoms with Crippen molar-refractivity contribution < 1.29 is 13.6 Å². The Bertz CT molecular complexity index is 415. The minimum atomic E-state index is -1.88. The molecule has 0 aromatic heterocycles. The van der Waals surface area contributed by atoms with Crippen LogP contribution >= 0.6 is 0 Å². The fraction of sp³-hybridized carbons (Fsp3) is 0.889. The van der Waals surface area contributed by atoms with E-state index in [0.29, 0.717) is 0 Å². The first-order valence-electron chi connectivity index (χ1n) is 8.72. The highest BCUT2D eigenvalue weighted by Crippen LogP contribution is 2.42. The van der Waals surface area contributed by atoms with Crippen molar-refractivity contribution in [3.63, 3.8) is 0 Å². The van der Waals surface area contributed by atoms with Crippen molar-refractivity contribution in [1.29, 1.82) is 0 Å². The van der Waals surface area contributed by atoms with Gasteiger partial charge < -0.3 is 13.6 Å². The van der Waals surface area contributed by atoms with Gasteiger partial charge in [-0.25, -0.2) is 0 Å². The molecule has 136 valence electrons. The van der Waals surface area contributed by atoms with Gasteiger partial charge in [-0.1, -0.05) is 47.6 Å². The summed E-state index contributed by atoms with van der Waals surface area (Å²) >= 11 is 0. The van der Waals surface area contributed by atoms with Crippen LogP contribution in [0.5, 0.6) is 0 Å². The Kier molecular flexibility index (Phi) is 6.19. The molecule has 3 atom stereocenters. The van der Waals surface area contributed by atoms with Gasteiger partial charge in [0.05, 0.1) is 12.7 Å². The van der Waals surface area contributed by atoms with Crippen molar-refractivity contribution in [2.45, 2.75) is 96.1 Å². The summed E-state index contributed by atoms with van der Waals surface area (Å²) in [6.45, 7) is 27.5. The first-order valence-corrected chi connectivity index (χ1v) is 14.5. The molecule has 0 amide bonds. The average molecular weight is 359 g/mol. The van der Waals surface area contributed by atoms with Gasteiger partial charge in [0.15, 0.2) is 16.6 Å². The third kappa shape index (κ3) is 5.26. The maximum absolute atomic E-state index is 6.68. The molecule has 1 rings (SSSR count). The lowest BCUT2D eigenvalue weighted by atomic mass is 10.1. The summed E-state index contributed by atoms with van der Waals surface area (Å²) in [6.07, 6.45) is 1.93. The number of ether oxygens (including phenoxy) is 1. The summed E-state index contributed by atoms with van der Waals surface area (Å²) in [7, 11) is -3.77. The fourth-order valence-electron chi connectivity index (χ4n) is 1.88. The Morgan fingerprint density at radius 2 is 1.35 bits per heavy atom. The number of rotatable bonds is 7. The maximum Gasteiger partial charge on any atom is 0.193 e. The zero-order valence-electron chi connectivity index (χ0n) is 16.9. The Morgan fingerprint density at radius 1 is 0.957 bits per heavy atom. The third-order valence-corrected chi connectivity index (χ3v) is 14.7. The van der Waals surface area contributed by atoms with Crippen LogP contribution in [0.2, 0.25) is 36.3 Å². The van der Waals surface area contributed by atoms with Crippen LogP contribution in [-0.2, 0) is 13.6 Å². The van der Waals surface area contributed by atoms with E-state index in [1.807, 2.05) is 6.08 Å². The van der Waals surface area contributed by atoms with Gasteiger partial charge in [0.2, 0.25) is 0 Å². The molecule has 0 aliphatic carbocycles. The van der Waals surface area contributed by atoms with Crippen molar-refractivity contribution in [3.05, 3.63) is 12.7 Å².